The number of pyridine rings is 1. The van der Waals surface area contributed by atoms with Gasteiger partial charge < -0.3 is 14.4 Å². The number of phenolic OH excluding ortho intramolecular Hbond substituents is 1. The van der Waals surface area contributed by atoms with E-state index in [1.54, 1.807) is 19.2 Å². The highest BCUT2D eigenvalue weighted by molar-refractivity contribution is 5.91. The van der Waals surface area contributed by atoms with Crippen LogP contribution in [0.2, 0.25) is 0 Å². The number of ether oxygens (including phenoxy) is 1. The molecule has 1 heterocycles. The molecule has 2 rings (SSSR count). The number of hydrogen-bond donors (Lipinski definition) is 1. The average molecular weight is 287 g/mol. The van der Waals surface area contributed by atoms with Crippen molar-refractivity contribution in [2.24, 2.45) is 7.05 Å². The van der Waals surface area contributed by atoms with E-state index in [0.29, 0.717) is 29.9 Å². The fourth-order valence-corrected chi connectivity index (χ4v) is 2.43. The first kappa shape index (κ1) is 15.2. The van der Waals surface area contributed by atoms with Crippen LogP contribution in [0.1, 0.15) is 26.3 Å². The largest absolute Gasteiger partial charge is 0.506 e. The molecule has 0 saturated heterocycles. The zero-order valence-electron chi connectivity index (χ0n) is 12.9. The van der Waals surface area contributed by atoms with Gasteiger partial charge in [-0.1, -0.05) is 17.7 Å². The Morgan fingerprint density at radius 1 is 1.38 bits per heavy atom. The summed E-state index contributed by atoms with van der Waals surface area (Å²) in [4.78, 5) is 12.6. The predicted molar refractivity (Wildman–Crippen MR) is 85.2 cm³/mol. The van der Waals surface area contributed by atoms with Crippen molar-refractivity contribution in [2.75, 3.05) is 6.61 Å². The third-order valence-corrected chi connectivity index (χ3v) is 3.43. The van der Waals surface area contributed by atoms with Crippen LogP contribution in [0.4, 0.5) is 0 Å². The third kappa shape index (κ3) is 2.79. The van der Waals surface area contributed by atoms with Gasteiger partial charge in [-0.15, -0.1) is 0 Å². The summed E-state index contributed by atoms with van der Waals surface area (Å²) in [7, 11) is 1.67. The standard InChI is InChI=1S/C17H21NO3/c1-5-21-16-12-7-6-8-14(19)15(12)18(4)17(20)13(16)10-9-11(2)3/h6-9,19H,5,10H2,1-4H3. The summed E-state index contributed by atoms with van der Waals surface area (Å²) < 4.78 is 7.21. The van der Waals surface area contributed by atoms with Crippen molar-refractivity contribution in [3.05, 3.63) is 45.8 Å². The van der Waals surface area contributed by atoms with Gasteiger partial charge in [0.05, 0.1) is 17.7 Å². The Morgan fingerprint density at radius 3 is 2.71 bits per heavy atom. The molecular weight excluding hydrogens is 266 g/mol. The van der Waals surface area contributed by atoms with Crippen molar-refractivity contribution in [3.63, 3.8) is 0 Å². The highest BCUT2D eigenvalue weighted by Crippen LogP contribution is 2.32. The number of hydrogen-bond acceptors (Lipinski definition) is 3. The molecule has 2 aromatic rings. The van der Waals surface area contributed by atoms with Crippen molar-refractivity contribution < 1.29 is 9.84 Å². The van der Waals surface area contributed by atoms with Crippen molar-refractivity contribution in [3.8, 4) is 11.5 Å². The van der Waals surface area contributed by atoms with Gasteiger partial charge in [-0.25, -0.2) is 0 Å². The molecule has 0 aliphatic rings. The van der Waals surface area contributed by atoms with Gasteiger partial charge in [-0.3, -0.25) is 4.79 Å². The number of allylic oxidation sites excluding steroid dienone is 2. The van der Waals surface area contributed by atoms with Crippen molar-refractivity contribution in [1.82, 2.24) is 4.57 Å². The number of phenols is 1. The monoisotopic (exact) mass is 287 g/mol. The third-order valence-electron chi connectivity index (χ3n) is 3.43. The summed E-state index contributed by atoms with van der Waals surface area (Å²) in [5.41, 5.74) is 2.14. The van der Waals surface area contributed by atoms with Crippen molar-refractivity contribution in [1.29, 1.82) is 0 Å². The molecule has 0 spiro atoms. The minimum absolute atomic E-state index is 0.0850. The van der Waals surface area contributed by atoms with E-state index < -0.39 is 0 Å². The van der Waals surface area contributed by atoms with Gasteiger partial charge in [-0.05, 0) is 39.3 Å². The number of nitrogens with zero attached hydrogens (tertiary/aromatic N) is 1. The number of benzene rings is 1. The lowest BCUT2D eigenvalue weighted by molar-refractivity contribution is 0.340. The first-order chi connectivity index (χ1) is 9.97. The van der Waals surface area contributed by atoms with Crippen LogP contribution in [0.5, 0.6) is 11.5 Å². The van der Waals surface area contributed by atoms with Gasteiger partial charge in [0, 0.05) is 12.4 Å². The number of aromatic nitrogens is 1. The van der Waals surface area contributed by atoms with Gasteiger partial charge in [-0.2, -0.15) is 0 Å². The second-order valence-electron chi connectivity index (χ2n) is 5.26. The van der Waals surface area contributed by atoms with E-state index in [4.69, 9.17) is 4.74 Å². The van der Waals surface area contributed by atoms with Crippen LogP contribution >= 0.6 is 0 Å². The topological polar surface area (TPSA) is 51.5 Å². The maximum absolute atomic E-state index is 12.6. The SMILES string of the molecule is CCOc1c(CC=C(C)C)c(=O)n(C)c2c(O)cccc12. The average Bonchev–Trinajstić information content (AvgIpc) is 2.43. The second-order valence-corrected chi connectivity index (χ2v) is 5.26. The summed E-state index contributed by atoms with van der Waals surface area (Å²) >= 11 is 0. The molecule has 0 radical (unpaired) electrons. The van der Waals surface area contributed by atoms with E-state index >= 15 is 0 Å². The Kier molecular flexibility index (Phi) is 4.36. The number of para-hydroxylation sites is 1. The Bertz CT molecular complexity index is 753. The molecule has 0 aliphatic carbocycles. The van der Waals surface area contributed by atoms with Gasteiger partial charge in [0.1, 0.15) is 11.5 Å². The molecule has 0 amide bonds. The van der Waals surface area contributed by atoms with Gasteiger partial charge in [0.15, 0.2) is 0 Å². The lowest BCUT2D eigenvalue weighted by Gasteiger charge is -2.16. The first-order valence-corrected chi connectivity index (χ1v) is 7.07. The van der Waals surface area contributed by atoms with E-state index in [1.807, 2.05) is 32.9 Å². The normalized spacial score (nSPS) is 10.7. The molecule has 0 bridgehead atoms. The number of fused-ring (bicyclic) bond motifs is 1. The molecule has 0 atom stereocenters. The van der Waals surface area contributed by atoms with Crippen LogP contribution in [-0.2, 0) is 13.5 Å². The molecule has 112 valence electrons. The minimum atomic E-state index is -0.134. The lowest BCUT2D eigenvalue weighted by Crippen LogP contribution is -2.23. The summed E-state index contributed by atoms with van der Waals surface area (Å²) in [6, 6.07) is 5.20. The summed E-state index contributed by atoms with van der Waals surface area (Å²) in [6.07, 6.45) is 2.53. The minimum Gasteiger partial charge on any atom is -0.506 e. The van der Waals surface area contributed by atoms with Gasteiger partial charge in [0.2, 0.25) is 0 Å². The molecular formula is C17H21NO3. The van der Waals surface area contributed by atoms with Gasteiger partial charge >= 0.3 is 0 Å². The zero-order chi connectivity index (χ0) is 15.6. The molecule has 0 fully saturated rings. The molecule has 0 saturated carbocycles. The Labute approximate surface area is 124 Å². The van der Waals surface area contributed by atoms with E-state index in [-0.39, 0.29) is 11.3 Å². The quantitative estimate of drug-likeness (QED) is 0.879. The summed E-state index contributed by atoms with van der Waals surface area (Å²) in [5, 5.41) is 10.8. The van der Waals surface area contributed by atoms with Crippen LogP contribution in [0, 0.1) is 0 Å². The molecule has 0 unspecified atom stereocenters. The zero-order valence-corrected chi connectivity index (χ0v) is 12.9. The number of aryl methyl sites for hydroxylation is 1. The van der Waals surface area contributed by atoms with Gasteiger partial charge in [0.25, 0.3) is 5.56 Å². The Morgan fingerprint density at radius 2 is 2.10 bits per heavy atom. The molecule has 1 N–H and O–H groups in total. The maximum atomic E-state index is 12.6. The Balaban J connectivity index is 2.84. The van der Waals surface area contributed by atoms with Crippen molar-refractivity contribution >= 4 is 10.9 Å². The van der Waals surface area contributed by atoms with Crippen LogP contribution in [0.25, 0.3) is 10.9 Å². The van der Waals surface area contributed by atoms with Crippen LogP contribution in [0.3, 0.4) is 0 Å². The summed E-state index contributed by atoms with van der Waals surface area (Å²) in [6.45, 7) is 6.35. The number of aromatic hydroxyl groups is 1. The predicted octanol–water partition coefficient (Wildman–Crippen LogP) is 3.15. The molecule has 1 aromatic carbocycles. The molecule has 21 heavy (non-hydrogen) atoms. The van der Waals surface area contributed by atoms with Crippen molar-refractivity contribution in [2.45, 2.75) is 27.2 Å². The highest BCUT2D eigenvalue weighted by Gasteiger charge is 2.17. The second kappa shape index (κ2) is 6.04. The molecule has 1 aromatic heterocycles. The van der Waals surface area contributed by atoms with Crippen LogP contribution in [0.15, 0.2) is 34.6 Å². The highest BCUT2D eigenvalue weighted by atomic mass is 16.5. The van der Waals surface area contributed by atoms with Crippen LogP contribution in [-0.4, -0.2) is 16.3 Å². The fraction of sp³-hybridized carbons (Fsp3) is 0.353. The van der Waals surface area contributed by atoms with E-state index in [0.717, 1.165) is 11.0 Å². The van der Waals surface area contributed by atoms with Crippen LogP contribution < -0.4 is 10.3 Å². The maximum Gasteiger partial charge on any atom is 0.258 e. The smallest absolute Gasteiger partial charge is 0.258 e. The van der Waals surface area contributed by atoms with E-state index in [9.17, 15) is 9.90 Å². The number of rotatable bonds is 4. The van der Waals surface area contributed by atoms with E-state index in [1.165, 1.54) is 4.57 Å². The molecule has 4 heteroatoms. The lowest BCUT2D eigenvalue weighted by atomic mass is 10.1. The summed E-state index contributed by atoms with van der Waals surface area (Å²) in [5.74, 6) is 0.658. The Hall–Kier alpha value is -2.23. The first-order valence-electron chi connectivity index (χ1n) is 7.07. The molecule has 4 nitrogen and oxygen atoms in total. The fourth-order valence-electron chi connectivity index (χ4n) is 2.43. The molecule has 0 aliphatic heterocycles. The van der Waals surface area contributed by atoms with E-state index in [2.05, 4.69) is 0 Å².